The van der Waals surface area contributed by atoms with Crippen LogP contribution >= 0.6 is 27.5 Å². The van der Waals surface area contributed by atoms with Gasteiger partial charge < -0.3 is 5.11 Å². The SMILES string of the molecule is O=C(/C=C(\O)c1cccc(Br)c1)c1ccc(Cl)cc1. The molecule has 1 N–H and O–H groups in total. The molecule has 4 heteroatoms. The molecule has 2 aromatic carbocycles. The fourth-order valence-corrected chi connectivity index (χ4v) is 2.08. The first-order valence-corrected chi connectivity index (χ1v) is 6.70. The molecule has 0 aliphatic heterocycles. The number of ketones is 1. The number of hydrogen-bond acceptors (Lipinski definition) is 2. The van der Waals surface area contributed by atoms with Crippen molar-refractivity contribution in [3.63, 3.8) is 0 Å². The van der Waals surface area contributed by atoms with Gasteiger partial charge in [0.05, 0.1) is 0 Å². The van der Waals surface area contributed by atoms with Crippen molar-refractivity contribution < 1.29 is 9.90 Å². The molecular weight excluding hydrogens is 328 g/mol. The Bertz CT molecular complexity index is 633. The van der Waals surface area contributed by atoms with E-state index in [0.717, 1.165) is 4.47 Å². The van der Waals surface area contributed by atoms with Crippen LogP contribution in [0.4, 0.5) is 0 Å². The minimum atomic E-state index is -0.269. The highest BCUT2D eigenvalue weighted by Crippen LogP contribution is 2.18. The predicted molar refractivity (Wildman–Crippen MR) is 80.5 cm³/mol. The summed E-state index contributed by atoms with van der Waals surface area (Å²) in [6.45, 7) is 0. The molecule has 0 unspecified atom stereocenters. The highest BCUT2D eigenvalue weighted by atomic mass is 79.9. The Labute approximate surface area is 124 Å². The molecule has 0 atom stereocenters. The lowest BCUT2D eigenvalue weighted by molar-refractivity contribution is 0.104. The largest absolute Gasteiger partial charge is 0.507 e. The van der Waals surface area contributed by atoms with E-state index in [-0.39, 0.29) is 11.5 Å². The molecule has 0 radical (unpaired) electrons. The summed E-state index contributed by atoms with van der Waals surface area (Å²) < 4.78 is 0.837. The van der Waals surface area contributed by atoms with Crippen molar-refractivity contribution in [2.24, 2.45) is 0 Å². The van der Waals surface area contributed by atoms with E-state index in [1.807, 2.05) is 6.07 Å². The molecule has 0 amide bonds. The molecule has 0 aliphatic carbocycles. The van der Waals surface area contributed by atoms with E-state index >= 15 is 0 Å². The number of rotatable bonds is 3. The Kier molecular flexibility index (Phi) is 4.40. The number of hydrogen-bond donors (Lipinski definition) is 1. The molecule has 0 saturated carbocycles. The van der Waals surface area contributed by atoms with Crippen LogP contribution in [0, 0.1) is 0 Å². The van der Waals surface area contributed by atoms with Gasteiger partial charge in [0.1, 0.15) is 5.76 Å². The normalized spacial score (nSPS) is 11.4. The lowest BCUT2D eigenvalue weighted by atomic mass is 10.1. The molecule has 0 bridgehead atoms. The third kappa shape index (κ3) is 3.69. The Morgan fingerprint density at radius 1 is 1.11 bits per heavy atom. The van der Waals surface area contributed by atoms with E-state index in [9.17, 15) is 9.90 Å². The van der Waals surface area contributed by atoms with Crippen molar-refractivity contribution in [3.05, 3.63) is 75.2 Å². The quantitative estimate of drug-likeness (QED) is 0.492. The van der Waals surface area contributed by atoms with Crippen LogP contribution in [0.25, 0.3) is 5.76 Å². The second-order valence-electron chi connectivity index (χ2n) is 3.91. The van der Waals surface area contributed by atoms with Gasteiger partial charge in [0.25, 0.3) is 0 Å². The van der Waals surface area contributed by atoms with Crippen LogP contribution in [0.15, 0.2) is 59.1 Å². The van der Waals surface area contributed by atoms with Gasteiger partial charge >= 0.3 is 0 Å². The number of aliphatic hydroxyl groups excluding tert-OH is 1. The van der Waals surface area contributed by atoms with Crippen molar-refractivity contribution in [1.82, 2.24) is 0 Å². The van der Waals surface area contributed by atoms with E-state index < -0.39 is 0 Å². The highest BCUT2D eigenvalue weighted by Gasteiger charge is 2.06. The lowest BCUT2D eigenvalue weighted by Gasteiger charge is -2.01. The third-order valence-electron chi connectivity index (χ3n) is 2.52. The first-order chi connectivity index (χ1) is 9.06. The van der Waals surface area contributed by atoms with Crippen molar-refractivity contribution in [2.45, 2.75) is 0 Å². The van der Waals surface area contributed by atoms with E-state index in [1.54, 1.807) is 42.5 Å². The van der Waals surface area contributed by atoms with Crippen LogP contribution in [0.3, 0.4) is 0 Å². The standard InChI is InChI=1S/C15H10BrClO2/c16-12-3-1-2-11(8-12)15(19)9-14(18)10-4-6-13(17)7-5-10/h1-9,19H/b15-9-. The van der Waals surface area contributed by atoms with Gasteiger partial charge in [-0.2, -0.15) is 0 Å². The van der Waals surface area contributed by atoms with Crippen molar-refractivity contribution in [1.29, 1.82) is 0 Å². The average Bonchev–Trinajstić information content (AvgIpc) is 2.39. The van der Waals surface area contributed by atoms with Crippen LogP contribution in [-0.4, -0.2) is 10.9 Å². The van der Waals surface area contributed by atoms with Crippen molar-refractivity contribution >= 4 is 39.1 Å². The number of carbonyl (C=O) groups excluding carboxylic acids is 1. The Morgan fingerprint density at radius 3 is 2.42 bits per heavy atom. The Balaban J connectivity index is 2.25. The lowest BCUT2D eigenvalue weighted by Crippen LogP contribution is -1.96. The van der Waals surface area contributed by atoms with Crippen LogP contribution in [0.5, 0.6) is 0 Å². The zero-order chi connectivity index (χ0) is 13.8. The van der Waals surface area contributed by atoms with Crippen molar-refractivity contribution in [2.75, 3.05) is 0 Å². The summed E-state index contributed by atoms with van der Waals surface area (Å²) in [5.41, 5.74) is 1.06. The molecule has 19 heavy (non-hydrogen) atoms. The summed E-state index contributed by atoms with van der Waals surface area (Å²) in [5, 5.41) is 10.5. The van der Waals surface area contributed by atoms with Gasteiger partial charge in [-0.05, 0) is 36.4 Å². The zero-order valence-electron chi connectivity index (χ0n) is 9.81. The second-order valence-corrected chi connectivity index (χ2v) is 5.26. The Morgan fingerprint density at radius 2 is 1.79 bits per heavy atom. The molecule has 2 rings (SSSR count). The monoisotopic (exact) mass is 336 g/mol. The summed E-state index contributed by atoms with van der Waals surface area (Å²) in [4.78, 5) is 11.9. The molecule has 0 saturated heterocycles. The minimum absolute atomic E-state index is 0.0683. The molecule has 0 aromatic heterocycles. The van der Waals surface area contributed by atoms with Crippen LogP contribution in [0.1, 0.15) is 15.9 Å². The highest BCUT2D eigenvalue weighted by molar-refractivity contribution is 9.10. The molecule has 0 aliphatic rings. The fourth-order valence-electron chi connectivity index (χ4n) is 1.55. The van der Waals surface area contributed by atoms with Gasteiger partial charge in [-0.25, -0.2) is 0 Å². The molecular formula is C15H10BrClO2. The van der Waals surface area contributed by atoms with Gasteiger partial charge in [-0.1, -0.05) is 39.7 Å². The van der Waals surface area contributed by atoms with Gasteiger partial charge in [-0.15, -0.1) is 0 Å². The summed E-state index contributed by atoms with van der Waals surface area (Å²) in [7, 11) is 0. The molecule has 0 heterocycles. The average molecular weight is 338 g/mol. The molecule has 96 valence electrons. The van der Waals surface area contributed by atoms with Gasteiger partial charge in [-0.3, -0.25) is 4.79 Å². The van der Waals surface area contributed by atoms with Crippen LogP contribution in [0.2, 0.25) is 5.02 Å². The first-order valence-electron chi connectivity index (χ1n) is 5.53. The number of halogens is 2. The van der Waals surface area contributed by atoms with Crippen molar-refractivity contribution in [3.8, 4) is 0 Å². The smallest absolute Gasteiger partial charge is 0.189 e. The molecule has 0 spiro atoms. The summed E-state index contributed by atoms with van der Waals surface area (Å²) in [5.74, 6) is -0.338. The Hall–Kier alpha value is -1.58. The van der Waals surface area contributed by atoms with Crippen LogP contribution < -0.4 is 0 Å². The van der Waals surface area contributed by atoms with Gasteiger partial charge in [0.2, 0.25) is 0 Å². The summed E-state index contributed by atoms with van der Waals surface area (Å²) in [6.07, 6.45) is 1.20. The maximum absolute atomic E-state index is 11.9. The number of benzene rings is 2. The number of allylic oxidation sites excluding steroid dienone is 1. The second kappa shape index (κ2) is 6.04. The van der Waals surface area contributed by atoms with E-state index in [4.69, 9.17) is 11.6 Å². The topological polar surface area (TPSA) is 37.3 Å². The maximum Gasteiger partial charge on any atom is 0.189 e. The first kappa shape index (κ1) is 13.8. The molecule has 2 aromatic rings. The van der Waals surface area contributed by atoms with Crippen LogP contribution in [-0.2, 0) is 0 Å². The molecule has 2 nitrogen and oxygen atoms in total. The minimum Gasteiger partial charge on any atom is -0.507 e. The summed E-state index contributed by atoms with van der Waals surface area (Å²) >= 11 is 9.07. The predicted octanol–water partition coefficient (Wildman–Crippen LogP) is 4.88. The number of carbonyl (C=O) groups is 1. The number of aliphatic hydroxyl groups is 1. The maximum atomic E-state index is 11.9. The zero-order valence-corrected chi connectivity index (χ0v) is 12.1. The molecule has 0 fully saturated rings. The van der Waals surface area contributed by atoms with Gasteiger partial charge in [0.15, 0.2) is 5.78 Å². The van der Waals surface area contributed by atoms with Gasteiger partial charge in [0, 0.05) is 26.7 Å². The van der Waals surface area contributed by atoms with E-state index in [1.165, 1.54) is 6.08 Å². The summed E-state index contributed by atoms with van der Waals surface area (Å²) in [6, 6.07) is 13.6. The van der Waals surface area contributed by atoms with E-state index in [2.05, 4.69) is 15.9 Å². The van der Waals surface area contributed by atoms with E-state index in [0.29, 0.717) is 16.1 Å². The third-order valence-corrected chi connectivity index (χ3v) is 3.26. The fraction of sp³-hybridized carbons (Fsp3) is 0.